The van der Waals surface area contributed by atoms with Gasteiger partial charge in [-0.05, 0) is 13.3 Å². The van der Waals surface area contributed by atoms with Crippen molar-refractivity contribution >= 4 is 5.71 Å². The largest absolute Gasteiger partial charge is 0.493 e. The fourth-order valence-electron chi connectivity index (χ4n) is 0.459. The van der Waals surface area contributed by atoms with E-state index in [0.29, 0.717) is 24.5 Å². The summed E-state index contributed by atoms with van der Waals surface area (Å²) in [6, 6.07) is 0. The number of hydrogen-bond donors (Lipinski definition) is 1. The molecule has 0 amide bonds. The molecule has 0 saturated heterocycles. The smallest absolute Gasteiger partial charge is 0.132 e. The van der Waals surface area contributed by atoms with Gasteiger partial charge in [-0.1, -0.05) is 13.5 Å². The maximum absolute atomic E-state index is 7.22. The molecule has 0 spiro atoms. The predicted octanol–water partition coefficient (Wildman–Crippen LogP) is 1.97. The molecule has 0 fully saturated rings. The molecular formula is C7H13NO. The van der Waals surface area contributed by atoms with E-state index in [1.807, 2.05) is 13.8 Å². The van der Waals surface area contributed by atoms with Crippen molar-refractivity contribution in [2.75, 3.05) is 6.61 Å². The summed E-state index contributed by atoms with van der Waals surface area (Å²) in [4.78, 5) is 0. The maximum Gasteiger partial charge on any atom is 0.132 e. The number of hydrogen-bond acceptors (Lipinski definition) is 2. The Morgan fingerprint density at radius 1 is 1.56 bits per heavy atom. The molecule has 0 aliphatic carbocycles. The van der Waals surface area contributed by atoms with Crippen LogP contribution in [0.5, 0.6) is 0 Å². The van der Waals surface area contributed by atoms with Gasteiger partial charge in [0.05, 0.1) is 12.3 Å². The molecule has 0 aromatic rings. The third kappa shape index (κ3) is 2.90. The molecule has 0 heterocycles. The van der Waals surface area contributed by atoms with Gasteiger partial charge in [0.15, 0.2) is 0 Å². The Morgan fingerprint density at radius 3 is 2.44 bits per heavy atom. The van der Waals surface area contributed by atoms with Gasteiger partial charge < -0.3 is 10.1 Å². The minimum atomic E-state index is 0.483. The highest BCUT2D eigenvalue weighted by Gasteiger charge is 1.97. The molecule has 0 aliphatic rings. The summed E-state index contributed by atoms with van der Waals surface area (Å²) in [7, 11) is 0. The summed E-state index contributed by atoms with van der Waals surface area (Å²) in [5.74, 6) is 0.500. The summed E-state index contributed by atoms with van der Waals surface area (Å²) < 4.78 is 4.98. The van der Waals surface area contributed by atoms with E-state index in [9.17, 15) is 0 Å². The van der Waals surface area contributed by atoms with Gasteiger partial charge in [-0.3, -0.25) is 0 Å². The predicted molar refractivity (Wildman–Crippen MR) is 38.8 cm³/mol. The quantitative estimate of drug-likeness (QED) is 0.454. The Balaban J connectivity index is 3.60. The average Bonchev–Trinajstić information content (AvgIpc) is 1.87. The normalized spacial score (nSPS) is 8.67. The van der Waals surface area contributed by atoms with E-state index in [0.717, 1.165) is 0 Å². The van der Waals surface area contributed by atoms with Gasteiger partial charge in [0, 0.05) is 0 Å². The van der Waals surface area contributed by atoms with E-state index in [2.05, 4.69) is 6.58 Å². The summed E-state index contributed by atoms with van der Waals surface area (Å²) in [5, 5.41) is 7.22. The zero-order valence-corrected chi connectivity index (χ0v) is 6.03. The molecule has 2 nitrogen and oxygen atoms in total. The molecular weight excluding hydrogens is 114 g/mol. The Kier molecular flexibility index (Phi) is 3.76. The van der Waals surface area contributed by atoms with Gasteiger partial charge in [-0.15, -0.1) is 0 Å². The maximum atomic E-state index is 7.22. The fourth-order valence-corrected chi connectivity index (χ4v) is 0.459. The lowest BCUT2D eigenvalue weighted by Crippen LogP contribution is -2.01. The third-order valence-corrected chi connectivity index (χ3v) is 1.01. The highest BCUT2D eigenvalue weighted by atomic mass is 16.5. The zero-order valence-electron chi connectivity index (χ0n) is 6.03. The molecule has 0 unspecified atom stereocenters. The lowest BCUT2D eigenvalue weighted by atomic mass is 10.3. The number of allylic oxidation sites excluding steroid dienone is 1. The molecule has 0 atom stereocenters. The molecule has 9 heavy (non-hydrogen) atoms. The van der Waals surface area contributed by atoms with Crippen LogP contribution in [-0.4, -0.2) is 12.3 Å². The van der Waals surface area contributed by atoms with Crippen LogP contribution in [0, 0.1) is 5.41 Å². The van der Waals surface area contributed by atoms with Crippen molar-refractivity contribution in [3.63, 3.8) is 0 Å². The lowest BCUT2D eigenvalue weighted by molar-refractivity contribution is 0.250. The zero-order chi connectivity index (χ0) is 7.28. The summed E-state index contributed by atoms with van der Waals surface area (Å²) >= 11 is 0. The standard InChI is InChI=1S/C7H13NO/c1-4-7(8)6(3)9-5-2/h8H,3-5H2,1-2H3. The van der Waals surface area contributed by atoms with Crippen LogP contribution in [0.2, 0.25) is 0 Å². The first-order chi connectivity index (χ1) is 4.22. The number of nitrogens with one attached hydrogen (secondary N) is 1. The molecule has 0 saturated carbocycles. The Hall–Kier alpha value is -0.790. The van der Waals surface area contributed by atoms with Crippen molar-refractivity contribution in [1.82, 2.24) is 0 Å². The van der Waals surface area contributed by atoms with E-state index in [-0.39, 0.29) is 0 Å². The second kappa shape index (κ2) is 4.13. The molecule has 0 radical (unpaired) electrons. The van der Waals surface area contributed by atoms with Crippen molar-refractivity contribution in [2.45, 2.75) is 20.3 Å². The van der Waals surface area contributed by atoms with Crippen LogP contribution in [0.15, 0.2) is 12.3 Å². The molecule has 0 aromatic carbocycles. The topological polar surface area (TPSA) is 33.1 Å². The van der Waals surface area contributed by atoms with Gasteiger partial charge >= 0.3 is 0 Å². The van der Waals surface area contributed by atoms with Crippen LogP contribution in [0.1, 0.15) is 20.3 Å². The van der Waals surface area contributed by atoms with E-state index in [1.54, 1.807) is 0 Å². The van der Waals surface area contributed by atoms with Gasteiger partial charge in [0.1, 0.15) is 5.76 Å². The SMILES string of the molecule is C=C(OCC)C(=N)CC. The monoisotopic (exact) mass is 127 g/mol. The Bertz CT molecular complexity index is 118. The highest BCUT2D eigenvalue weighted by molar-refractivity contribution is 5.94. The Morgan fingerprint density at radius 2 is 2.11 bits per heavy atom. The van der Waals surface area contributed by atoms with Crippen LogP contribution in [0.4, 0.5) is 0 Å². The van der Waals surface area contributed by atoms with Crippen LogP contribution < -0.4 is 0 Å². The summed E-state index contributed by atoms with van der Waals surface area (Å²) in [6.45, 7) is 7.96. The summed E-state index contributed by atoms with van der Waals surface area (Å²) in [5.41, 5.74) is 0.483. The van der Waals surface area contributed by atoms with Gasteiger partial charge in [0.25, 0.3) is 0 Å². The van der Waals surface area contributed by atoms with Crippen LogP contribution in [0.25, 0.3) is 0 Å². The second-order valence-electron chi connectivity index (χ2n) is 1.69. The van der Waals surface area contributed by atoms with Crippen LogP contribution in [-0.2, 0) is 4.74 Å². The van der Waals surface area contributed by atoms with Gasteiger partial charge in [-0.25, -0.2) is 0 Å². The van der Waals surface area contributed by atoms with Crippen LogP contribution >= 0.6 is 0 Å². The number of ether oxygens (including phenoxy) is 1. The minimum absolute atomic E-state index is 0.483. The van der Waals surface area contributed by atoms with E-state index in [1.165, 1.54) is 0 Å². The fraction of sp³-hybridized carbons (Fsp3) is 0.571. The van der Waals surface area contributed by atoms with Gasteiger partial charge in [-0.2, -0.15) is 0 Å². The third-order valence-electron chi connectivity index (χ3n) is 1.01. The van der Waals surface area contributed by atoms with Crippen molar-refractivity contribution in [2.24, 2.45) is 0 Å². The molecule has 1 N–H and O–H groups in total. The number of rotatable bonds is 4. The first kappa shape index (κ1) is 8.21. The van der Waals surface area contributed by atoms with Crippen molar-refractivity contribution in [3.05, 3.63) is 12.3 Å². The second-order valence-corrected chi connectivity index (χ2v) is 1.69. The van der Waals surface area contributed by atoms with Gasteiger partial charge in [0.2, 0.25) is 0 Å². The van der Waals surface area contributed by atoms with Crippen LogP contribution in [0.3, 0.4) is 0 Å². The van der Waals surface area contributed by atoms with E-state index < -0.39 is 0 Å². The molecule has 0 aliphatic heterocycles. The minimum Gasteiger partial charge on any atom is -0.493 e. The Labute approximate surface area is 56.0 Å². The van der Waals surface area contributed by atoms with E-state index >= 15 is 0 Å². The molecule has 0 bridgehead atoms. The van der Waals surface area contributed by atoms with Crippen molar-refractivity contribution in [3.8, 4) is 0 Å². The highest BCUT2D eigenvalue weighted by Crippen LogP contribution is 1.97. The molecule has 0 aromatic heterocycles. The summed E-state index contributed by atoms with van der Waals surface area (Å²) in [6.07, 6.45) is 0.693. The molecule has 0 rings (SSSR count). The first-order valence-electron chi connectivity index (χ1n) is 3.11. The molecule has 2 heteroatoms. The first-order valence-corrected chi connectivity index (χ1v) is 3.11. The molecule has 52 valence electrons. The van der Waals surface area contributed by atoms with Crippen molar-refractivity contribution < 1.29 is 4.74 Å². The van der Waals surface area contributed by atoms with E-state index in [4.69, 9.17) is 10.1 Å². The average molecular weight is 127 g/mol. The lowest BCUT2D eigenvalue weighted by Gasteiger charge is -2.04. The van der Waals surface area contributed by atoms with Crippen molar-refractivity contribution in [1.29, 1.82) is 5.41 Å².